The number of phosphoric acid groups is 1. The highest BCUT2D eigenvalue weighted by molar-refractivity contribution is 7.49. The van der Waals surface area contributed by atoms with E-state index in [1.54, 1.807) is 0 Å². The van der Waals surface area contributed by atoms with E-state index >= 15 is 0 Å². The molecule has 0 aromatic rings. The minimum absolute atomic E-state index is 0.0318. The lowest BCUT2D eigenvalue weighted by Gasteiger charge is -2.13. The summed E-state index contributed by atoms with van der Waals surface area (Å²) in [6.07, 6.45) is 2.96. The first-order chi connectivity index (χ1) is 10.8. The van der Waals surface area contributed by atoms with Gasteiger partial charge in [0.15, 0.2) is 0 Å². The molecule has 0 saturated carbocycles. The van der Waals surface area contributed by atoms with Gasteiger partial charge in [0.1, 0.15) is 0 Å². The van der Waals surface area contributed by atoms with Crippen LogP contribution < -0.4 is 11.1 Å². The molecular weight excluding hydrogens is 331 g/mol. The zero-order valence-corrected chi connectivity index (χ0v) is 14.1. The Labute approximate surface area is 134 Å². The number of carbonyl (C=O) groups is 3. The Kier molecular flexibility index (Phi) is 11.2. The Morgan fingerprint density at radius 2 is 1.57 bits per heavy atom. The van der Waals surface area contributed by atoms with Gasteiger partial charge in [-0.2, -0.15) is 0 Å². The topological polar surface area (TPSA) is 143 Å². The van der Waals surface area contributed by atoms with Crippen LogP contribution in [0.5, 0.6) is 0 Å². The van der Waals surface area contributed by atoms with Gasteiger partial charge in [-0.25, -0.2) is 9.45 Å². The van der Waals surface area contributed by atoms with E-state index < -0.39 is 19.8 Å². The van der Waals surface area contributed by atoms with Crippen molar-refractivity contribution in [1.29, 1.82) is 0 Å². The van der Waals surface area contributed by atoms with Crippen LogP contribution in [0.2, 0.25) is 0 Å². The quantitative estimate of drug-likeness (QED) is 0.225. The fourth-order valence-electron chi connectivity index (χ4n) is 1.41. The molecule has 0 aliphatic carbocycles. The third-order valence-corrected chi connectivity index (χ3v) is 3.54. The van der Waals surface area contributed by atoms with Gasteiger partial charge >= 0.3 is 19.8 Å². The second-order valence-corrected chi connectivity index (χ2v) is 5.89. The molecule has 11 heteroatoms. The minimum atomic E-state index is -4.39. The predicted molar refractivity (Wildman–Crippen MR) is 78.7 cm³/mol. The highest BCUT2D eigenvalue weighted by atomic mass is 31.2. The number of hydrogen-bond donors (Lipinski definition) is 2. The van der Waals surface area contributed by atoms with Gasteiger partial charge < -0.3 is 20.1 Å². The van der Waals surface area contributed by atoms with Crippen LogP contribution in [0.25, 0.3) is 0 Å². The molecule has 0 aromatic carbocycles. The molecule has 0 aromatic heterocycles. The van der Waals surface area contributed by atoms with Crippen LogP contribution in [0.1, 0.15) is 39.5 Å². The molecule has 0 aliphatic rings. The summed E-state index contributed by atoms with van der Waals surface area (Å²) < 4.78 is 24.9. The third kappa shape index (κ3) is 12.7. The molecule has 1 amide bonds. The second kappa shape index (κ2) is 12.0. The lowest BCUT2D eigenvalue weighted by atomic mass is 10.2. The average molecular weight is 354 g/mol. The van der Waals surface area contributed by atoms with Gasteiger partial charge in [0.25, 0.3) is 0 Å². The molecule has 0 aliphatic heterocycles. The van der Waals surface area contributed by atoms with Gasteiger partial charge in [-0.05, 0) is 12.8 Å². The summed E-state index contributed by atoms with van der Waals surface area (Å²) in [4.78, 5) is 37.1. The number of phosphoric ester groups is 1. The first-order valence-corrected chi connectivity index (χ1v) is 8.53. The molecule has 0 saturated heterocycles. The summed E-state index contributed by atoms with van der Waals surface area (Å²) in [6, 6.07) is 0. The van der Waals surface area contributed by atoms with Gasteiger partial charge in [-0.1, -0.05) is 12.8 Å². The number of unbranched alkanes of at least 4 members (excludes halogenated alkanes) is 3. The first kappa shape index (κ1) is 21.5. The van der Waals surface area contributed by atoms with Crippen molar-refractivity contribution in [3.63, 3.8) is 0 Å². The maximum absolute atomic E-state index is 11.8. The molecule has 0 unspecified atom stereocenters. The van der Waals surface area contributed by atoms with Crippen LogP contribution in [0.3, 0.4) is 0 Å². The van der Waals surface area contributed by atoms with Crippen LogP contribution >= 0.6 is 7.82 Å². The Hall–Kier alpha value is -1.48. The summed E-state index contributed by atoms with van der Waals surface area (Å²) in [5.74, 6) is -2.07. The monoisotopic (exact) mass is 354 g/mol. The van der Waals surface area contributed by atoms with Crippen molar-refractivity contribution < 1.29 is 37.6 Å². The number of rotatable bonds is 12. The molecule has 0 atom stereocenters. The van der Waals surface area contributed by atoms with Crippen molar-refractivity contribution in [3.05, 3.63) is 0 Å². The fraction of sp³-hybridized carbons (Fsp3) is 0.750. The highest BCUT2D eigenvalue weighted by Crippen LogP contribution is 2.49. The molecule has 0 radical (unpaired) electrons. The van der Waals surface area contributed by atoms with Crippen molar-refractivity contribution in [2.75, 3.05) is 19.7 Å². The molecule has 0 heterocycles. The molecule has 10 nitrogen and oxygen atoms in total. The molecule has 3 N–H and O–H groups in total. The smallest absolute Gasteiger partial charge is 0.360 e. The van der Waals surface area contributed by atoms with Crippen molar-refractivity contribution in [1.82, 2.24) is 5.32 Å². The van der Waals surface area contributed by atoms with Crippen molar-refractivity contribution in [2.24, 2.45) is 5.73 Å². The molecule has 134 valence electrons. The maximum atomic E-state index is 11.8. The normalized spacial score (nSPS) is 10.9. The number of amides is 1. The van der Waals surface area contributed by atoms with E-state index in [1.165, 1.54) is 0 Å². The Balaban J connectivity index is 3.78. The van der Waals surface area contributed by atoms with Crippen molar-refractivity contribution in [3.8, 4) is 0 Å². The summed E-state index contributed by atoms with van der Waals surface area (Å²) in [5, 5.41) is 2.64. The van der Waals surface area contributed by atoms with Gasteiger partial charge in [0.05, 0.1) is 13.2 Å². The molecule has 23 heavy (non-hydrogen) atoms. The van der Waals surface area contributed by atoms with Crippen LogP contribution in [-0.4, -0.2) is 37.5 Å². The number of hydrogen-bond acceptors (Lipinski definition) is 9. The highest BCUT2D eigenvalue weighted by Gasteiger charge is 2.35. The zero-order valence-electron chi connectivity index (χ0n) is 13.2. The van der Waals surface area contributed by atoms with Gasteiger partial charge in [-0.15, -0.1) is 4.67 Å². The van der Waals surface area contributed by atoms with Gasteiger partial charge in [0, 0.05) is 20.4 Å². The molecule has 0 rings (SSSR count). The lowest BCUT2D eigenvalue weighted by molar-refractivity contribution is -0.226. The summed E-state index contributed by atoms with van der Waals surface area (Å²) in [6.45, 7) is 2.56. The standard InChI is InChI=1S/C12H23N2O8P/c1-10(15)20-23(18,21-11(2)16)22-19-8-6-4-3-5-7-14-12(17)9-13/h3-9,13H2,1-2H3,(H,14,17). The second-order valence-electron chi connectivity index (χ2n) is 4.48. The van der Waals surface area contributed by atoms with Gasteiger partial charge in [-0.3, -0.25) is 14.4 Å². The van der Waals surface area contributed by atoms with Crippen LogP contribution in [0.15, 0.2) is 0 Å². The van der Waals surface area contributed by atoms with E-state index in [1.807, 2.05) is 0 Å². The third-order valence-electron chi connectivity index (χ3n) is 2.29. The van der Waals surface area contributed by atoms with Crippen LogP contribution in [-0.2, 0) is 37.6 Å². The minimum Gasteiger partial charge on any atom is -0.360 e. The zero-order chi connectivity index (χ0) is 17.7. The SMILES string of the molecule is CC(=O)OP(=O)(OOCCCCCCNC(=O)CN)OC(C)=O. The fourth-order valence-corrected chi connectivity index (χ4v) is 2.34. The average Bonchev–Trinajstić information content (AvgIpc) is 2.43. The Morgan fingerprint density at radius 3 is 2.09 bits per heavy atom. The number of nitrogens with one attached hydrogen (secondary N) is 1. The van der Waals surface area contributed by atoms with Crippen LogP contribution in [0.4, 0.5) is 0 Å². The first-order valence-electron chi connectivity index (χ1n) is 7.07. The number of nitrogens with two attached hydrogens (primary N) is 1. The van der Waals surface area contributed by atoms with E-state index in [2.05, 4.69) is 23.9 Å². The maximum Gasteiger partial charge on any atom is 0.620 e. The Bertz CT molecular complexity index is 423. The van der Waals surface area contributed by atoms with Crippen LogP contribution in [0, 0.1) is 0 Å². The molecule has 0 bridgehead atoms. The largest absolute Gasteiger partial charge is 0.620 e. The number of carbonyl (C=O) groups excluding carboxylic acids is 3. The van der Waals surface area contributed by atoms with Crippen molar-refractivity contribution >= 4 is 25.7 Å². The van der Waals surface area contributed by atoms with Crippen molar-refractivity contribution in [2.45, 2.75) is 39.5 Å². The van der Waals surface area contributed by atoms with E-state index in [0.29, 0.717) is 13.0 Å². The summed E-state index contributed by atoms with van der Waals surface area (Å²) in [5.41, 5.74) is 5.14. The predicted octanol–water partition coefficient (Wildman–Crippen LogP) is 0.804. The summed E-state index contributed by atoms with van der Waals surface area (Å²) in [7, 11) is -4.39. The molecule has 0 spiro atoms. The van der Waals surface area contributed by atoms with Gasteiger partial charge in [0.2, 0.25) is 5.91 Å². The summed E-state index contributed by atoms with van der Waals surface area (Å²) >= 11 is 0. The van der Waals surface area contributed by atoms with E-state index in [9.17, 15) is 18.9 Å². The molecular formula is C12H23N2O8P. The Morgan fingerprint density at radius 1 is 1.00 bits per heavy atom. The van der Waals surface area contributed by atoms with E-state index in [4.69, 9.17) is 5.73 Å². The van der Waals surface area contributed by atoms with E-state index in [-0.39, 0.29) is 19.1 Å². The van der Waals surface area contributed by atoms with E-state index in [0.717, 1.165) is 33.1 Å². The molecule has 0 fully saturated rings. The lowest BCUT2D eigenvalue weighted by Crippen LogP contribution is -2.30.